The first-order chi connectivity index (χ1) is 6.31. The Bertz CT molecular complexity index is 372. The lowest BCUT2D eigenvalue weighted by Crippen LogP contribution is -2.07. The van der Waals surface area contributed by atoms with Gasteiger partial charge in [-0.05, 0) is 12.1 Å². The maximum absolute atomic E-state index is 5.64. The van der Waals surface area contributed by atoms with Gasteiger partial charge in [-0.3, -0.25) is 0 Å². The molecular formula is C11H13NO. The van der Waals surface area contributed by atoms with Crippen LogP contribution in [0.3, 0.4) is 0 Å². The standard InChI is InChI=1S/C11H13NO/c1-8(7-12)11-6-9-4-2-3-5-10(9)13-11/h2-6,8H,7,12H2,1H3. The van der Waals surface area contributed by atoms with Crippen molar-refractivity contribution in [3.05, 3.63) is 36.1 Å². The summed E-state index contributed by atoms with van der Waals surface area (Å²) in [6.07, 6.45) is 0. The van der Waals surface area contributed by atoms with Gasteiger partial charge in [0.2, 0.25) is 0 Å². The van der Waals surface area contributed by atoms with E-state index >= 15 is 0 Å². The van der Waals surface area contributed by atoms with Crippen molar-refractivity contribution in [1.82, 2.24) is 0 Å². The summed E-state index contributed by atoms with van der Waals surface area (Å²) in [6, 6.07) is 10.1. The summed E-state index contributed by atoms with van der Waals surface area (Å²) in [5.41, 5.74) is 6.51. The van der Waals surface area contributed by atoms with Crippen LogP contribution in [0.4, 0.5) is 0 Å². The minimum atomic E-state index is 0.299. The molecule has 1 unspecified atom stereocenters. The molecule has 0 amide bonds. The van der Waals surface area contributed by atoms with Crippen LogP contribution >= 0.6 is 0 Å². The molecule has 2 aromatic rings. The van der Waals surface area contributed by atoms with E-state index in [0.29, 0.717) is 12.5 Å². The molecule has 0 bridgehead atoms. The Morgan fingerprint density at radius 3 is 2.85 bits per heavy atom. The minimum absolute atomic E-state index is 0.299. The molecule has 0 saturated heterocycles. The van der Waals surface area contributed by atoms with E-state index in [0.717, 1.165) is 16.7 Å². The molecule has 2 nitrogen and oxygen atoms in total. The molecule has 0 spiro atoms. The van der Waals surface area contributed by atoms with E-state index in [-0.39, 0.29) is 0 Å². The second-order valence-electron chi connectivity index (χ2n) is 3.32. The smallest absolute Gasteiger partial charge is 0.134 e. The normalized spacial score (nSPS) is 13.4. The van der Waals surface area contributed by atoms with Crippen molar-refractivity contribution in [2.24, 2.45) is 5.73 Å². The monoisotopic (exact) mass is 175 g/mol. The van der Waals surface area contributed by atoms with E-state index in [4.69, 9.17) is 10.2 Å². The number of hydrogen-bond acceptors (Lipinski definition) is 2. The first-order valence-corrected chi connectivity index (χ1v) is 4.50. The van der Waals surface area contributed by atoms with Crippen molar-refractivity contribution in [3.8, 4) is 0 Å². The third-order valence-corrected chi connectivity index (χ3v) is 2.28. The van der Waals surface area contributed by atoms with E-state index in [2.05, 4.69) is 13.0 Å². The first kappa shape index (κ1) is 8.32. The number of hydrogen-bond donors (Lipinski definition) is 1. The highest BCUT2D eigenvalue weighted by atomic mass is 16.3. The molecule has 2 N–H and O–H groups in total. The van der Waals surface area contributed by atoms with Crippen LogP contribution in [-0.2, 0) is 0 Å². The van der Waals surface area contributed by atoms with Gasteiger partial charge in [-0.2, -0.15) is 0 Å². The Morgan fingerprint density at radius 2 is 2.15 bits per heavy atom. The lowest BCUT2D eigenvalue weighted by molar-refractivity contribution is 0.509. The predicted molar refractivity (Wildman–Crippen MR) is 53.7 cm³/mol. The summed E-state index contributed by atoms with van der Waals surface area (Å²) < 4.78 is 5.64. The molecule has 2 heteroatoms. The second kappa shape index (κ2) is 3.23. The number of rotatable bonds is 2. The van der Waals surface area contributed by atoms with Gasteiger partial charge in [-0.1, -0.05) is 25.1 Å². The maximum atomic E-state index is 5.64. The van der Waals surface area contributed by atoms with Crippen LogP contribution in [0.1, 0.15) is 18.6 Å². The quantitative estimate of drug-likeness (QED) is 0.761. The summed E-state index contributed by atoms with van der Waals surface area (Å²) in [5.74, 6) is 1.27. The molecule has 0 fully saturated rings. The van der Waals surface area contributed by atoms with Gasteiger partial charge in [0.05, 0.1) is 0 Å². The number of para-hydroxylation sites is 1. The fourth-order valence-electron chi connectivity index (χ4n) is 1.36. The van der Waals surface area contributed by atoms with Crippen molar-refractivity contribution < 1.29 is 4.42 Å². The van der Waals surface area contributed by atoms with Crippen molar-refractivity contribution in [2.45, 2.75) is 12.8 Å². The molecule has 2 rings (SSSR count). The highest BCUT2D eigenvalue weighted by Crippen LogP contribution is 2.23. The Hall–Kier alpha value is -1.28. The van der Waals surface area contributed by atoms with Crippen LogP contribution in [0.2, 0.25) is 0 Å². The summed E-state index contributed by atoms with van der Waals surface area (Å²) in [5, 5.41) is 1.15. The molecule has 1 aromatic carbocycles. The fourth-order valence-corrected chi connectivity index (χ4v) is 1.36. The number of nitrogens with two attached hydrogens (primary N) is 1. The third-order valence-electron chi connectivity index (χ3n) is 2.28. The molecule has 0 aliphatic rings. The van der Waals surface area contributed by atoms with Gasteiger partial charge in [0.1, 0.15) is 11.3 Å². The summed E-state index contributed by atoms with van der Waals surface area (Å²) in [6.45, 7) is 2.69. The van der Waals surface area contributed by atoms with Gasteiger partial charge in [-0.15, -0.1) is 0 Å². The van der Waals surface area contributed by atoms with Gasteiger partial charge >= 0.3 is 0 Å². The van der Waals surface area contributed by atoms with E-state index in [1.807, 2.05) is 24.3 Å². The SMILES string of the molecule is CC(CN)c1cc2ccccc2o1. The summed E-state index contributed by atoms with van der Waals surface area (Å²) in [4.78, 5) is 0. The van der Waals surface area contributed by atoms with E-state index in [1.54, 1.807) is 0 Å². The zero-order chi connectivity index (χ0) is 9.26. The highest BCUT2D eigenvalue weighted by molar-refractivity contribution is 5.77. The van der Waals surface area contributed by atoms with Crippen LogP contribution in [0.25, 0.3) is 11.0 Å². The molecule has 68 valence electrons. The van der Waals surface area contributed by atoms with E-state index in [1.165, 1.54) is 0 Å². The molecule has 13 heavy (non-hydrogen) atoms. The van der Waals surface area contributed by atoms with Crippen molar-refractivity contribution in [3.63, 3.8) is 0 Å². The lowest BCUT2D eigenvalue weighted by atomic mass is 10.1. The molecule has 0 aliphatic carbocycles. The summed E-state index contributed by atoms with van der Waals surface area (Å²) in [7, 11) is 0. The summed E-state index contributed by atoms with van der Waals surface area (Å²) >= 11 is 0. The number of fused-ring (bicyclic) bond motifs is 1. The molecule has 0 aliphatic heterocycles. The Kier molecular flexibility index (Phi) is 2.07. The molecule has 0 saturated carbocycles. The minimum Gasteiger partial charge on any atom is -0.461 e. The second-order valence-corrected chi connectivity index (χ2v) is 3.32. The van der Waals surface area contributed by atoms with Crippen LogP contribution in [-0.4, -0.2) is 6.54 Å². The molecule has 1 heterocycles. The van der Waals surface area contributed by atoms with E-state index in [9.17, 15) is 0 Å². The molecular weight excluding hydrogens is 162 g/mol. The average molecular weight is 175 g/mol. The van der Waals surface area contributed by atoms with Crippen molar-refractivity contribution in [2.75, 3.05) is 6.54 Å². The fraction of sp³-hybridized carbons (Fsp3) is 0.273. The topological polar surface area (TPSA) is 39.2 Å². The largest absolute Gasteiger partial charge is 0.461 e. The Labute approximate surface area is 77.3 Å². The van der Waals surface area contributed by atoms with E-state index < -0.39 is 0 Å². The van der Waals surface area contributed by atoms with Crippen LogP contribution in [0.5, 0.6) is 0 Å². The molecule has 1 aromatic heterocycles. The van der Waals surface area contributed by atoms with Gasteiger partial charge < -0.3 is 10.2 Å². The Balaban J connectivity index is 2.49. The van der Waals surface area contributed by atoms with Crippen molar-refractivity contribution >= 4 is 11.0 Å². The van der Waals surface area contributed by atoms with Gasteiger partial charge in [0.25, 0.3) is 0 Å². The Morgan fingerprint density at radius 1 is 1.38 bits per heavy atom. The first-order valence-electron chi connectivity index (χ1n) is 4.50. The number of benzene rings is 1. The molecule has 0 radical (unpaired) electrons. The van der Waals surface area contributed by atoms with Crippen LogP contribution < -0.4 is 5.73 Å². The number of furan rings is 1. The maximum Gasteiger partial charge on any atom is 0.134 e. The van der Waals surface area contributed by atoms with Gasteiger partial charge in [0.15, 0.2) is 0 Å². The average Bonchev–Trinajstić information content (AvgIpc) is 2.59. The van der Waals surface area contributed by atoms with Crippen molar-refractivity contribution in [1.29, 1.82) is 0 Å². The zero-order valence-electron chi connectivity index (χ0n) is 7.66. The third kappa shape index (κ3) is 1.45. The van der Waals surface area contributed by atoms with Gasteiger partial charge in [0, 0.05) is 17.8 Å². The predicted octanol–water partition coefficient (Wildman–Crippen LogP) is 2.50. The van der Waals surface area contributed by atoms with Crippen LogP contribution in [0, 0.1) is 0 Å². The van der Waals surface area contributed by atoms with Crippen LogP contribution in [0.15, 0.2) is 34.7 Å². The lowest BCUT2D eigenvalue weighted by Gasteiger charge is -2.01. The highest BCUT2D eigenvalue weighted by Gasteiger charge is 2.08. The molecule has 1 atom stereocenters. The van der Waals surface area contributed by atoms with Gasteiger partial charge in [-0.25, -0.2) is 0 Å². The zero-order valence-corrected chi connectivity index (χ0v) is 7.66.